The Morgan fingerprint density at radius 2 is 2.20 bits per heavy atom. The maximum atomic E-state index is 8.66. The Hall–Kier alpha value is -1.04. The van der Waals surface area contributed by atoms with E-state index >= 15 is 0 Å². The maximum Gasteiger partial charge on any atom is 0.0992 e. The van der Waals surface area contributed by atoms with Gasteiger partial charge >= 0.3 is 0 Å². The summed E-state index contributed by atoms with van der Waals surface area (Å²) in [6, 6.07) is 7.29. The van der Waals surface area contributed by atoms with E-state index in [-0.39, 0.29) is 0 Å². The Bertz CT molecular complexity index is 368. The molecule has 0 atom stereocenters. The molecule has 0 fully saturated rings. The Balaban J connectivity index is 2.59. The second kappa shape index (κ2) is 5.75. The second-order valence-corrected chi connectivity index (χ2v) is 4.23. The van der Waals surface area contributed by atoms with Crippen LogP contribution < -0.4 is 0 Å². The van der Waals surface area contributed by atoms with E-state index in [4.69, 9.17) is 21.6 Å². The van der Waals surface area contributed by atoms with Crippen LogP contribution >= 0.6 is 11.6 Å². The molecule has 0 radical (unpaired) electrons. The van der Waals surface area contributed by atoms with E-state index < -0.39 is 0 Å². The molecule has 1 aromatic rings. The summed E-state index contributed by atoms with van der Waals surface area (Å²) >= 11 is 5.99. The average molecular weight is 224 g/mol. The van der Waals surface area contributed by atoms with E-state index in [0.717, 1.165) is 12.2 Å². The zero-order valence-corrected chi connectivity index (χ0v) is 9.71. The molecule has 2 nitrogen and oxygen atoms in total. The zero-order chi connectivity index (χ0) is 11.3. The van der Waals surface area contributed by atoms with Gasteiger partial charge in [-0.25, -0.2) is 0 Å². The van der Waals surface area contributed by atoms with Gasteiger partial charge in [-0.1, -0.05) is 31.5 Å². The number of halogens is 1. The number of hydrogen-bond donors (Lipinski definition) is 0. The van der Waals surface area contributed by atoms with Crippen molar-refractivity contribution in [3.8, 4) is 6.07 Å². The van der Waals surface area contributed by atoms with Crippen LogP contribution in [0.5, 0.6) is 0 Å². The minimum atomic E-state index is 0.503. The van der Waals surface area contributed by atoms with E-state index in [1.54, 1.807) is 12.1 Å². The fourth-order valence-electron chi connectivity index (χ4n) is 1.14. The first-order valence-corrected chi connectivity index (χ1v) is 5.27. The van der Waals surface area contributed by atoms with Crippen LogP contribution in [0, 0.1) is 17.2 Å². The van der Waals surface area contributed by atoms with Crippen LogP contribution in [0.3, 0.4) is 0 Å². The molecule has 80 valence electrons. The number of rotatable bonds is 4. The van der Waals surface area contributed by atoms with Crippen molar-refractivity contribution in [1.82, 2.24) is 0 Å². The third-order valence-corrected chi connectivity index (χ3v) is 2.24. The second-order valence-electron chi connectivity index (χ2n) is 3.83. The summed E-state index contributed by atoms with van der Waals surface area (Å²) in [6.45, 7) is 5.42. The molecule has 1 rings (SSSR count). The number of ether oxygens (including phenoxy) is 1. The fourth-order valence-corrected chi connectivity index (χ4v) is 1.37. The van der Waals surface area contributed by atoms with Crippen molar-refractivity contribution in [1.29, 1.82) is 5.26 Å². The molecule has 0 aliphatic rings. The van der Waals surface area contributed by atoms with Crippen LogP contribution in [0.25, 0.3) is 0 Å². The molecule has 0 amide bonds. The van der Waals surface area contributed by atoms with Gasteiger partial charge in [-0.3, -0.25) is 0 Å². The zero-order valence-electron chi connectivity index (χ0n) is 8.96. The molecule has 0 aliphatic heterocycles. The SMILES string of the molecule is CC(C)COCc1ccc(C#N)cc1Cl. The lowest BCUT2D eigenvalue weighted by Gasteiger charge is -2.08. The quantitative estimate of drug-likeness (QED) is 0.784. The van der Waals surface area contributed by atoms with Gasteiger partial charge in [0.2, 0.25) is 0 Å². The maximum absolute atomic E-state index is 8.66. The molecular weight excluding hydrogens is 210 g/mol. The standard InChI is InChI=1S/C12H14ClNO/c1-9(2)7-15-8-11-4-3-10(6-14)5-12(11)13/h3-5,9H,7-8H2,1-2H3. The summed E-state index contributed by atoms with van der Waals surface area (Å²) in [5.41, 5.74) is 1.50. The highest BCUT2D eigenvalue weighted by atomic mass is 35.5. The minimum absolute atomic E-state index is 0.503. The van der Waals surface area contributed by atoms with Crippen molar-refractivity contribution in [3.63, 3.8) is 0 Å². The van der Waals surface area contributed by atoms with Gasteiger partial charge < -0.3 is 4.74 Å². The van der Waals surface area contributed by atoms with Gasteiger partial charge in [0.25, 0.3) is 0 Å². The summed E-state index contributed by atoms with van der Waals surface area (Å²) < 4.78 is 5.47. The molecule has 15 heavy (non-hydrogen) atoms. The van der Waals surface area contributed by atoms with Crippen molar-refractivity contribution < 1.29 is 4.74 Å². The molecule has 1 aromatic carbocycles. The van der Waals surface area contributed by atoms with Crippen LogP contribution in [0.4, 0.5) is 0 Å². The first-order valence-electron chi connectivity index (χ1n) is 4.89. The van der Waals surface area contributed by atoms with E-state index in [1.807, 2.05) is 12.1 Å². The fraction of sp³-hybridized carbons (Fsp3) is 0.417. The van der Waals surface area contributed by atoms with Crippen LogP contribution in [0.1, 0.15) is 25.0 Å². The van der Waals surface area contributed by atoms with Gasteiger partial charge in [-0.05, 0) is 23.6 Å². The van der Waals surface area contributed by atoms with Crippen LogP contribution in [0.2, 0.25) is 5.02 Å². The lowest BCUT2D eigenvalue weighted by molar-refractivity contribution is 0.0971. The lowest BCUT2D eigenvalue weighted by atomic mass is 10.1. The number of nitriles is 1. The van der Waals surface area contributed by atoms with Crippen LogP contribution in [-0.4, -0.2) is 6.61 Å². The molecule has 0 aliphatic carbocycles. The van der Waals surface area contributed by atoms with Gasteiger partial charge in [-0.15, -0.1) is 0 Å². The Morgan fingerprint density at radius 1 is 1.47 bits per heavy atom. The van der Waals surface area contributed by atoms with Crippen LogP contribution in [-0.2, 0) is 11.3 Å². The van der Waals surface area contributed by atoms with Crippen LogP contribution in [0.15, 0.2) is 18.2 Å². The predicted octanol–water partition coefficient (Wildman–Crippen LogP) is 3.38. The predicted molar refractivity (Wildman–Crippen MR) is 60.7 cm³/mol. The highest BCUT2D eigenvalue weighted by Crippen LogP contribution is 2.18. The monoisotopic (exact) mass is 223 g/mol. The molecule has 0 spiro atoms. The molecule has 0 saturated carbocycles. The van der Waals surface area contributed by atoms with E-state index in [9.17, 15) is 0 Å². The highest BCUT2D eigenvalue weighted by molar-refractivity contribution is 6.31. The van der Waals surface area contributed by atoms with E-state index in [2.05, 4.69) is 13.8 Å². The van der Waals surface area contributed by atoms with Crippen molar-refractivity contribution >= 4 is 11.6 Å². The van der Waals surface area contributed by atoms with E-state index in [1.165, 1.54) is 0 Å². The topological polar surface area (TPSA) is 33.0 Å². The largest absolute Gasteiger partial charge is 0.376 e. The third-order valence-electron chi connectivity index (χ3n) is 1.89. The van der Waals surface area contributed by atoms with Crippen molar-refractivity contribution in [2.45, 2.75) is 20.5 Å². The summed E-state index contributed by atoms with van der Waals surface area (Å²) in [5.74, 6) is 0.516. The number of hydrogen-bond acceptors (Lipinski definition) is 2. The lowest BCUT2D eigenvalue weighted by Crippen LogP contribution is -2.02. The Morgan fingerprint density at radius 3 is 2.73 bits per heavy atom. The van der Waals surface area contributed by atoms with Gasteiger partial charge in [0.1, 0.15) is 0 Å². The number of nitrogens with zero attached hydrogens (tertiary/aromatic N) is 1. The molecule has 3 heteroatoms. The summed E-state index contributed by atoms with van der Waals surface area (Å²) in [5, 5.41) is 9.26. The van der Waals surface area contributed by atoms with Crippen molar-refractivity contribution in [2.24, 2.45) is 5.92 Å². The molecule has 0 heterocycles. The average Bonchev–Trinajstić information content (AvgIpc) is 2.20. The van der Waals surface area contributed by atoms with Gasteiger partial charge in [-0.2, -0.15) is 5.26 Å². The van der Waals surface area contributed by atoms with Gasteiger partial charge in [0.15, 0.2) is 0 Å². The summed E-state index contributed by atoms with van der Waals surface area (Å²) in [6.07, 6.45) is 0. The first-order chi connectivity index (χ1) is 7.13. The molecule has 0 saturated heterocycles. The van der Waals surface area contributed by atoms with Gasteiger partial charge in [0, 0.05) is 11.6 Å². The van der Waals surface area contributed by atoms with Crippen molar-refractivity contribution in [3.05, 3.63) is 34.3 Å². The minimum Gasteiger partial charge on any atom is -0.376 e. The van der Waals surface area contributed by atoms with Crippen molar-refractivity contribution in [2.75, 3.05) is 6.61 Å². The Labute approximate surface area is 95.4 Å². The molecule has 0 bridgehead atoms. The summed E-state index contributed by atoms with van der Waals surface area (Å²) in [7, 11) is 0. The molecule has 0 aromatic heterocycles. The smallest absolute Gasteiger partial charge is 0.0992 e. The molecule has 0 unspecified atom stereocenters. The summed E-state index contributed by atoms with van der Waals surface area (Å²) in [4.78, 5) is 0. The third kappa shape index (κ3) is 3.91. The van der Waals surface area contributed by atoms with Gasteiger partial charge in [0.05, 0.1) is 18.2 Å². The highest BCUT2D eigenvalue weighted by Gasteiger charge is 2.02. The number of benzene rings is 1. The van der Waals surface area contributed by atoms with E-state index in [0.29, 0.717) is 23.1 Å². The Kier molecular flexibility index (Phi) is 4.61. The molecule has 0 N–H and O–H groups in total. The molecular formula is C12H14ClNO. The first kappa shape index (κ1) is 12.0. The normalized spacial score (nSPS) is 10.3.